The number of ketones is 1. The van der Waals surface area contributed by atoms with Crippen LogP contribution in [0.15, 0.2) is 60.9 Å². The third-order valence-electron chi connectivity index (χ3n) is 6.00. The molecular formula is C26H26N6O3. The van der Waals surface area contributed by atoms with Crippen LogP contribution in [0, 0.1) is 0 Å². The van der Waals surface area contributed by atoms with Gasteiger partial charge >= 0.3 is 0 Å². The number of aromatic amines is 1. The molecule has 1 fully saturated rings. The molecule has 1 aromatic carbocycles. The lowest BCUT2D eigenvalue weighted by molar-refractivity contribution is -0.136. The van der Waals surface area contributed by atoms with Crippen molar-refractivity contribution in [1.29, 1.82) is 0 Å². The van der Waals surface area contributed by atoms with Gasteiger partial charge in [-0.05, 0) is 43.3 Å². The third kappa shape index (κ3) is 5.52. The highest BCUT2D eigenvalue weighted by atomic mass is 16.5. The summed E-state index contributed by atoms with van der Waals surface area (Å²) in [7, 11) is 0. The lowest BCUT2D eigenvalue weighted by atomic mass is 10.2. The molecule has 5 rings (SSSR count). The van der Waals surface area contributed by atoms with Gasteiger partial charge in [0.25, 0.3) is 0 Å². The monoisotopic (exact) mass is 470 g/mol. The molecule has 0 atom stereocenters. The van der Waals surface area contributed by atoms with E-state index in [0.29, 0.717) is 24.7 Å². The van der Waals surface area contributed by atoms with Crippen molar-refractivity contribution in [3.05, 3.63) is 66.6 Å². The number of piperazine rings is 1. The van der Waals surface area contributed by atoms with Crippen LogP contribution in [0.1, 0.15) is 19.0 Å². The van der Waals surface area contributed by atoms with Crippen LogP contribution in [0.2, 0.25) is 0 Å². The van der Waals surface area contributed by atoms with Gasteiger partial charge in [0.15, 0.2) is 0 Å². The number of fused-ring (bicyclic) bond motifs is 1. The maximum absolute atomic E-state index is 12.1. The van der Waals surface area contributed by atoms with Gasteiger partial charge in [-0.2, -0.15) is 5.10 Å². The topological polar surface area (TPSA) is 104 Å². The molecule has 1 amide bonds. The first kappa shape index (κ1) is 22.7. The smallest absolute Gasteiger partial charge is 0.230 e. The van der Waals surface area contributed by atoms with E-state index >= 15 is 0 Å². The van der Waals surface area contributed by atoms with E-state index in [2.05, 4.69) is 20.1 Å². The van der Waals surface area contributed by atoms with Crippen molar-refractivity contribution >= 4 is 22.6 Å². The number of hydrogen-bond acceptors (Lipinski definition) is 7. The molecule has 0 radical (unpaired) electrons. The number of hydrogen-bond donors (Lipinski definition) is 1. The summed E-state index contributed by atoms with van der Waals surface area (Å²) in [4.78, 5) is 36.5. The summed E-state index contributed by atoms with van der Waals surface area (Å²) in [5.41, 5.74) is 3.72. The molecule has 1 N–H and O–H groups in total. The second-order valence-electron chi connectivity index (χ2n) is 8.65. The Hall–Kier alpha value is -4.11. The Labute approximate surface area is 202 Å². The number of carbonyl (C=O) groups excluding carboxylic acids is 2. The molecule has 0 bridgehead atoms. The SMILES string of the molecule is CC(=O)CC(=O)N1CCN(Cc2ccc3cc(Oc4ccc(-c5ccn[nH]5)cn4)ccc3n2)CC1. The van der Waals surface area contributed by atoms with Gasteiger partial charge < -0.3 is 9.64 Å². The van der Waals surface area contributed by atoms with E-state index in [1.807, 2.05) is 48.5 Å². The summed E-state index contributed by atoms with van der Waals surface area (Å²) in [5.74, 6) is 1.03. The summed E-state index contributed by atoms with van der Waals surface area (Å²) < 4.78 is 5.94. The van der Waals surface area contributed by atoms with E-state index in [9.17, 15) is 9.59 Å². The molecule has 0 saturated carbocycles. The summed E-state index contributed by atoms with van der Waals surface area (Å²) in [6.07, 6.45) is 3.44. The maximum Gasteiger partial charge on any atom is 0.230 e. The molecule has 1 aliphatic heterocycles. The predicted octanol–water partition coefficient (Wildman–Crippen LogP) is 3.44. The number of rotatable bonds is 7. The maximum atomic E-state index is 12.1. The van der Waals surface area contributed by atoms with Gasteiger partial charge in [0, 0.05) is 62.1 Å². The van der Waals surface area contributed by atoms with Crippen LogP contribution < -0.4 is 4.74 Å². The Morgan fingerprint density at radius 1 is 1.03 bits per heavy atom. The molecule has 1 saturated heterocycles. The van der Waals surface area contributed by atoms with Gasteiger partial charge in [-0.3, -0.25) is 24.6 Å². The lowest BCUT2D eigenvalue weighted by Gasteiger charge is -2.34. The molecule has 1 aliphatic rings. The first-order valence-electron chi connectivity index (χ1n) is 11.6. The van der Waals surface area contributed by atoms with E-state index < -0.39 is 0 Å². The third-order valence-corrected chi connectivity index (χ3v) is 6.00. The first-order valence-corrected chi connectivity index (χ1v) is 11.6. The molecule has 4 aromatic rings. The minimum atomic E-state index is -0.0918. The average molecular weight is 471 g/mol. The van der Waals surface area contributed by atoms with Gasteiger partial charge in [0.05, 0.1) is 23.3 Å². The summed E-state index contributed by atoms with van der Waals surface area (Å²) in [6, 6.07) is 15.5. The van der Waals surface area contributed by atoms with E-state index in [-0.39, 0.29) is 18.1 Å². The van der Waals surface area contributed by atoms with Gasteiger partial charge in [-0.25, -0.2) is 4.98 Å². The molecule has 178 valence electrons. The zero-order valence-corrected chi connectivity index (χ0v) is 19.5. The van der Waals surface area contributed by atoms with Crippen LogP contribution in [-0.4, -0.2) is 67.8 Å². The standard InChI is InChI=1S/C26H26N6O3/c1-18(33)14-26(34)32-12-10-31(11-13-32)17-21-4-2-19-15-22(5-6-23(19)29-21)35-25-7-3-20(16-27-25)24-8-9-28-30-24/h2-9,15-16H,10-14,17H2,1H3,(H,28,30). The number of amides is 1. The number of H-pyrrole nitrogens is 1. The van der Waals surface area contributed by atoms with Crippen molar-refractivity contribution in [1.82, 2.24) is 30.0 Å². The van der Waals surface area contributed by atoms with Gasteiger partial charge in [-0.15, -0.1) is 0 Å². The number of nitrogens with one attached hydrogen (secondary N) is 1. The number of nitrogens with zero attached hydrogens (tertiary/aromatic N) is 5. The fraction of sp³-hybridized carbons (Fsp3) is 0.269. The zero-order chi connectivity index (χ0) is 24.2. The van der Waals surface area contributed by atoms with Crippen molar-refractivity contribution in [3.63, 3.8) is 0 Å². The normalized spacial score (nSPS) is 14.3. The van der Waals surface area contributed by atoms with Crippen LogP contribution in [0.3, 0.4) is 0 Å². The Morgan fingerprint density at radius 2 is 1.89 bits per heavy atom. The summed E-state index contributed by atoms with van der Waals surface area (Å²) in [6.45, 7) is 4.97. The average Bonchev–Trinajstić information content (AvgIpc) is 3.40. The van der Waals surface area contributed by atoms with Crippen molar-refractivity contribution in [3.8, 4) is 22.9 Å². The molecule has 9 heteroatoms. The highest BCUT2D eigenvalue weighted by molar-refractivity contribution is 5.96. The molecule has 35 heavy (non-hydrogen) atoms. The Morgan fingerprint density at radius 3 is 2.60 bits per heavy atom. The molecule has 4 heterocycles. The van der Waals surface area contributed by atoms with Gasteiger partial charge in [0.1, 0.15) is 11.5 Å². The van der Waals surface area contributed by atoms with Crippen LogP contribution in [-0.2, 0) is 16.1 Å². The molecule has 9 nitrogen and oxygen atoms in total. The number of ether oxygens (including phenoxy) is 1. The van der Waals surface area contributed by atoms with Crippen LogP contribution >= 0.6 is 0 Å². The Kier molecular flexibility index (Phi) is 6.49. The summed E-state index contributed by atoms with van der Waals surface area (Å²) in [5, 5.41) is 7.86. The fourth-order valence-corrected chi connectivity index (χ4v) is 4.14. The second kappa shape index (κ2) is 10.0. The zero-order valence-electron chi connectivity index (χ0n) is 19.5. The van der Waals surface area contributed by atoms with Crippen LogP contribution in [0.4, 0.5) is 0 Å². The van der Waals surface area contributed by atoms with Crippen molar-refractivity contribution in [2.45, 2.75) is 19.9 Å². The largest absolute Gasteiger partial charge is 0.439 e. The van der Waals surface area contributed by atoms with Gasteiger partial charge in [0.2, 0.25) is 11.8 Å². The number of Topliss-reactive ketones (excluding diaryl/α,β-unsaturated/α-hetero) is 1. The van der Waals surface area contributed by atoms with Crippen molar-refractivity contribution in [2.75, 3.05) is 26.2 Å². The van der Waals surface area contributed by atoms with E-state index in [1.54, 1.807) is 17.3 Å². The van der Waals surface area contributed by atoms with E-state index in [1.165, 1.54) is 6.92 Å². The second-order valence-corrected chi connectivity index (χ2v) is 8.65. The number of aromatic nitrogens is 4. The van der Waals surface area contributed by atoms with Crippen molar-refractivity contribution in [2.24, 2.45) is 0 Å². The molecule has 3 aromatic heterocycles. The van der Waals surface area contributed by atoms with E-state index in [4.69, 9.17) is 9.72 Å². The number of pyridine rings is 2. The quantitative estimate of drug-likeness (QED) is 0.413. The minimum absolute atomic E-state index is 0.00944. The number of carbonyl (C=O) groups is 2. The minimum Gasteiger partial charge on any atom is -0.439 e. The first-order chi connectivity index (χ1) is 17.0. The summed E-state index contributed by atoms with van der Waals surface area (Å²) >= 11 is 0. The Balaban J connectivity index is 1.19. The molecular weight excluding hydrogens is 444 g/mol. The predicted molar refractivity (Wildman–Crippen MR) is 131 cm³/mol. The highest BCUT2D eigenvalue weighted by Gasteiger charge is 2.22. The lowest BCUT2D eigenvalue weighted by Crippen LogP contribution is -2.48. The van der Waals surface area contributed by atoms with Crippen molar-refractivity contribution < 1.29 is 14.3 Å². The van der Waals surface area contributed by atoms with Crippen LogP contribution in [0.25, 0.3) is 22.2 Å². The van der Waals surface area contributed by atoms with Crippen LogP contribution in [0.5, 0.6) is 11.6 Å². The molecule has 0 aliphatic carbocycles. The number of benzene rings is 1. The van der Waals surface area contributed by atoms with E-state index in [0.717, 1.165) is 47.5 Å². The molecule has 0 spiro atoms. The van der Waals surface area contributed by atoms with Gasteiger partial charge in [-0.1, -0.05) is 6.07 Å². The Bertz CT molecular complexity index is 1330. The highest BCUT2D eigenvalue weighted by Crippen LogP contribution is 2.26. The molecule has 0 unspecified atom stereocenters. The fourth-order valence-electron chi connectivity index (χ4n) is 4.14.